The Balaban J connectivity index is 1.45. The van der Waals surface area contributed by atoms with Gasteiger partial charge in [0.25, 0.3) is 5.91 Å². The molecule has 9 heteroatoms. The van der Waals surface area contributed by atoms with Crippen LogP contribution in [0.15, 0.2) is 53.6 Å². The van der Waals surface area contributed by atoms with E-state index in [1.165, 1.54) is 16.6 Å². The van der Waals surface area contributed by atoms with Crippen molar-refractivity contribution in [3.05, 3.63) is 70.5 Å². The van der Waals surface area contributed by atoms with Crippen molar-refractivity contribution in [3.8, 4) is 10.6 Å². The molecule has 0 radical (unpaired) electrons. The molecule has 1 amide bonds. The summed E-state index contributed by atoms with van der Waals surface area (Å²) in [6, 6.07) is 11.6. The van der Waals surface area contributed by atoms with Crippen LogP contribution in [0.4, 0.5) is 4.39 Å². The number of halogens is 1. The molecule has 0 N–H and O–H groups in total. The summed E-state index contributed by atoms with van der Waals surface area (Å²) >= 11 is 1.13. The zero-order valence-corrected chi connectivity index (χ0v) is 18.8. The Bertz CT molecular complexity index is 1230. The third-order valence-electron chi connectivity index (χ3n) is 5.29. The van der Waals surface area contributed by atoms with Crippen LogP contribution < -0.4 is 0 Å². The van der Waals surface area contributed by atoms with Crippen LogP contribution in [0.2, 0.25) is 0 Å². The SMILES string of the molecule is Cc1ccc(S(=O)(=O)N2CCN(C(=O)c3cnc(-c4ccccc4F)s3)CC2)c(C)c1. The molecule has 3 aromatic rings. The first-order valence-corrected chi connectivity index (χ1v) is 12.1. The molecule has 0 spiro atoms. The van der Waals surface area contributed by atoms with Crippen molar-refractivity contribution in [1.29, 1.82) is 0 Å². The Morgan fingerprint density at radius 1 is 1.06 bits per heavy atom. The molecule has 0 saturated carbocycles. The Kier molecular flexibility index (Phi) is 5.92. The van der Waals surface area contributed by atoms with Crippen molar-refractivity contribution in [2.75, 3.05) is 26.2 Å². The van der Waals surface area contributed by atoms with Gasteiger partial charge in [0, 0.05) is 31.7 Å². The summed E-state index contributed by atoms with van der Waals surface area (Å²) in [6.45, 7) is 4.73. The molecule has 1 aliphatic rings. The number of piperazine rings is 1. The van der Waals surface area contributed by atoms with Crippen LogP contribution in [0.5, 0.6) is 0 Å². The Labute approximate surface area is 185 Å². The molecule has 0 bridgehead atoms. The first-order valence-electron chi connectivity index (χ1n) is 9.85. The minimum atomic E-state index is -3.62. The molecule has 0 aliphatic carbocycles. The third kappa shape index (κ3) is 4.26. The molecule has 1 aliphatic heterocycles. The summed E-state index contributed by atoms with van der Waals surface area (Å²) in [5.41, 5.74) is 2.07. The van der Waals surface area contributed by atoms with Crippen molar-refractivity contribution < 1.29 is 17.6 Å². The fourth-order valence-corrected chi connectivity index (χ4v) is 6.19. The molecule has 31 heavy (non-hydrogen) atoms. The number of sulfonamides is 1. The van der Waals surface area contributed by atoms with E-state index in [0.29, 0.717) is 25.9 Å². The number of nitrogens with zero attached hydrogens (tertiary/aromatic N) is 3. The quantitative estimate of drug-likeness (QED) is 0.596. The van der Waals surface area contributed by atoms with Gasteiger partial charge in [0.15, 0.2) is 0 Å². The van der Waals surface area contributed by atoms with Gasteiger partial charge in [-0.05, 0) is 37.6 Å². The van der Waals surface area contributed by atoms with Crippen LogP contribution in [-0.4, -0.2) is 54.7 Å². The van der Waals surface area contributed by atoms with Crippen molar-refractivity contribution in [1.82, 2.24) is 14.2 Å². The van der Waals surface area contributed by atoms with E-state index in [9.17, 15) is 17.6 Å². The van der Waals surface area contributed by atoms with Gasteiger partial charge in [-0.3, -0.25) is 4.79 Å². The average Bonchev–Trinajstić information content (AvgIpc) is 3.23. The van der Waals surface area contributed by atoms with Crippen molar-refractivity contribution in [2.45, 2.75) is 18.7 Å². The number of benzene rings is 2. The van der Waals surface area contributed by atoms with Crippen LogP contribution in [0.25, 0.3) is 10.6 Å². The molecule has 0 unspecified atom stereocenters. The minimum Gasteiger partial charge on any atom is -0.335 e. The van der Waals surface area contributed by atoms with Gasteiger partial charge in [-0.1, -0.05) is 29.8 Å². The third-order valence-corrected chi connectivity index (χ3v) is 8.37. The number of hydrogen-bond acceptors (Lipinski definition) is 5. The number of thiazole rings is 1. The monoisotopic (exact) mass is 459 g/mol. The molecule has 162 valence electrons. The van der Waals surface area contributed by atoms with Gasteiger partial charge in [-0.2, -0.15) is 4.31 Å². The second-order valence-corrected chi connectivity index (χ2v) is 10.4. The molecular formula is C22H22FN3O3S2. The van der Waals surface area contributed by atoms with E-state index in [2.05, 4.69) is 4.98 Å². The summed E-state index contributed by atoms with van der Waals surface area (Å²) < 4.78 is 41.5. The Hall–Kier alpha value is -2.62. The second kappa shape index (κ2) is 8.49. The predicted molar refractivity (Wildman–Crippen MR) is 118 cm³/mol. The topological polar surface area (TPSA) is 70.6 Å². The van der Waals surface area contributed by atoms with Gasteiger partial charge < -0.3 is 4.90 Å². The Morgan fingerprint density at radius 2 is 1.77 bits per heavy atom. The first kappa shape index (κ1) is 21.6. The number of hydrogen-bond donors (Lipinski definition) is 0. The van der Waals surface area contributed by atoms with Gasteiger partial charge in [0.2, 0.25) is 10.0 Å². The standard InChI is InChI=1S/C22H22FN3O3S2/c1-15-7-8-20(16(2)13-15)31(28,29)26-11-9-25(10-12-26)22(27)19-14-24-21(30-19)17-5-3-4-6-18(17)23/h3-8,13-14H,9-12H2,1-2H3. The van der Waals surface area contributed by atoms with E-state index in [1.54, 1.807) is 42.2 Å². The number of carbonyl (C=O) groups excluding carboxylic acids is 1. The van der Waals surface area contributed by atoms with Crippen LogP contribution in [0.3, 0.4) is 0 Å². The molecule has 6 nitrogen and oxygen atoms in total. The summed E-state index contributed by atoms with van der Waals surface area (Å²) in [5.74, 6) is -0.607. The molecule has 1 fully saturated rings. The van der Waals surface area contributed by atoms with Crippen LogP contribution in [0, 0.1) is 19.7 Å². The number of aryl methyl sites for hydroxylation is 2. The number of carbonyl (C=O) groups is 1. The molecule has 4 rings (SSSR count). The van der Waals surface area contributed by atoms with Crippen molar-refractivity contribution in [3.63, 3.8) is 0 Å². The van der Waals surface area contributed by atoms with Gasteiger partial charge >= 0.3 is 0 Å². The lowest BCUT2D eigenvalue weighted by molar-refractivity contribution is 0.0702. The number of amides is 1. The van der Waals surface area contributed by atoms with E-state index in [1.807, 2.05) is 13.0 Å². The normalized spacial score (nSPS) is 15.3. The van der Waals surface area contributed by atoms with Crippen LogP contribution in [-0.2, 0) is 10.0 Å². The summed E-state index contributed by atoms with van der Waals surface area (Å²) in [5, 5.41) is 0.442. The number of aromatic nitrogens is 1. The maximum Gasteiger partial charge on any atom is 0.265 e. The fourth-order valence-electron chi connectivity index (χ4n) is 3.65. The highest BCUT2D eigenvalue weighted by atomic mass is 32.2. The lowest BCUT2D eigenvalue weighted by atomic mass is 10.2. The number of rotatable bonds is 4. The lowest BCUT2D eigenvalue weighted by Crippen LogP contribution is -2.50. The minimum absolute atomic E-state index is 0.219. The van der Waals surface area contributed by atoms with Gasteiger partial charge in [0.05, 0.1) is 11.1 Å². The molecule has 0 atom stereocenters. The highest BCUT2D eigenvalue weighted by molar-refractivity contribution is 7.89. The van der Waals surface area contributed by atoms with Crippen LogP contribution >= 0.6 is 11.3 Å². The molecule has 1 aromatic heterocycles. The van der Waals surface area contributed by atoms with E-state index in [4.69, 9.17) is 0 Å². The molecule has 2 heterocycles. The maximum absolute atomic E-state index is 14.0. The van der Waals surface area contributed by atoms with Gasteiger partial charge in [-0.15, -0.1) is 11.3 Å². The Morgan fingerprint density at radius 3 is 2.45 bits per heavy atom. The van der Waals surface area contributed by atoms with Gasteiger partial charge in [0.1, 0.15) is 15.7 Å². The summed E-state index contributed by atoms with van der Waals surface area (Å²) in [4.78, 5) is 19.4. The van der Waals surface area contributed by atoms with E-state index >= 15 is 0 Å². The summed E-state index contributed by atoms with van der Waals surface area (Å²) in [6.07, 6.45) is 1.45. The van der Waals surface area contributed by atoms with Crippen molar-refractivity contribution >= 4 is 27.3 Å². The predicted octanol–water partition coefficient (Wildman–Crippen LogP) is 3.71. The van der Waals surface area contributed by atoms with E-state index in [0.717, 1.165) is 16.9 Å². The fraction of sp³-hybridized carbons (Fsp3) is 0.273. The van der Waals surface area contributed by atoms with Crippen LogP contribution in [0.1, 0.15) is 20.8 Å². The summed E-state index contributed by atoms with van der Waals surface area (Å²) in [7, 11) is -3.62. The second-order valence-electron chi connectivity index (χ2n) is 7.47. The highest BCUT2D eigenvalue weighted by Crippen LogP contribution is 2.28. The zero-order chi connectivity index (χ0) is 22.2. The molecular weight excluding hydrogens is 437 g/mol. The largest absolute Gasteiger partial charge is 0.335 e. The zero-order valence-electron chi connectivity index (χ0n) is 17.2. The van der Waals surface area contributed by atoms with E-state index in [-0.39, 0.29) is 37.9 Å². The molecule has 2 aromatic carbocycles. The average molecular weight is 460 g/mol. The van der Waals surface area contributed by atoms with Gasteiger partial charge in [-0.25, -0.2) is 17.8 Å². The first-order chi connectivity index (χ1) is 14.8. The molecule has 1 saturated heterocycles. The van der Waals surface area contributed by atoms with Crippen molar-refractivity contribution in [2.24, 2.45) is 0 Å². The lowest BCUT2D eigenvalue weighted by Gasteiger charge is -2.34. The highest BCUT2D eigenvalue weighted by Gasteiger charge is 2.32. The maximum atomic E-state index is 14.0. The smallest absolute Gasteiger partial charge is 0.265 e. The van der Waals surface area contributed by atoms with E-state index < -0.39 is 10.0 Å².